The van der Waals surface area contributed by atoms with Gasteiger partial charge in [0, 0.05) is 24.6 Å². The van der Waals surface area contributed by atoms with Gasteiger partial charge in [0.05, 0.1) is 0 Å². The maximum atomic E-state index is 13.3. The molecule has 0 saturated carbocycles. The van der Waals surface area contributed by atoms with Gasteiger partial charge in [-0.2, -0.15) is 9.61 Å². The van der Waals surface area contributed by atoms with Gasteiger partial charge in [-0.3, -0.25) is 4.79 Å². The molecule has 1 aliphatic rings. The van der Waals surface area contributed by atoms with Crippen LogP contribution in [0.2, 0.25) is 0 Å². The van der Waals surface area contributed by atoms with Crippen molar-refractivity contribution >= 4 is 22.2 Å². The van der Waals surface area contributed by atoms with Crippen LogP contribution in [0.3, 0.4) is 0 Å². The van der Waals surface area contributed by atoms with Gasteiger partial charge in [0.1, 0.15) is 17.2 Å². The molecule has 0 N–H and O–H groups in total. The summed E-state index contributed by atoms with van der Waals surface area (Å²) in [6.07, 6.45) is 3.30. The van der Waals surface area contributed by atoms with Crippen LogP contribution in [0.15, 0.2) is 30.6 Å². The van der Waals surface area contributed by atoms with Gasteiger partial charge in [-0.1, -0.05) is 17.4 Å². The van der Waals surface area contributed by atoms with Gasteiger partial charge in [-0.25, -0.2) is 4.39 Å². The number of amides is 1. The Bertz CT molecular complexity index is 824. The van der Waals surface area contributed by atoms with Crippen LogP contribution in [0.5, 0.6) is 0 Å². The normalized spacial score (nSPS) is 16.1. The standard InChI is InChI=1S/C15H14FN5OS/c16-12-3-1-2-11(8-12)14(22)20-6-4-10(5-7-20)13-19-21-9-17-18-15(21)23-13/h1-3,8-10H,4-7H2. The van der Waals surface area contributed by atoms with Crippen molar-refractivity contribution in [3.05, 3.63) is 47.0 Å². The van der Waals surface area contributed by atoms with Gasteiger partial charge in [0.25, 0.3) is 5.91 Å². The van der Waals surface area contributed by atoms with Crippen LogP contribution in [-0.4, -0.2) is 43.7 Å². The summed E-state index contributed by atoms with van der Waals surface area (Å²) < 4.78 is 14.9. The number of hydrogen-bond donors (Lipinski definition) is 0. The lowest BCUT2D eigenvalue weighted by Crippen LogP contribution is -2.37. The number of aromatic nitrogens is 4. The number of benzene rings is 1. The molecule has 0 bridgehead atoms. The summed E-state index contributed by atoms with van der Waals surface area (Å²) in [5, 5.41) is 13.3. The highest BCUT2D eigenvalue weighted by Gasteiger charge is 2.27. The second-order valence-corrected chi connectivity index (χ2v) is 6.56. The first kappa shape index (κ1) is 14.3. The molecule has 3 aromatic rings. The van der Waals surface area contributed by atoms with Crippen LogP contribution in [0.4, 0.5) is 4.39 Å². The zero-order chi connectivity index (χ0) is 15.8. The second-order valence-electron chi connectivity index (χ2n) is 5.58. The van der Waals surface area contributed by atoms with Gasteiger partial charge in [-0.05, 0) is 31.0 Å². The van der Waals surface area contributed by atoms with E-state index < -0.39 is 0 Å². The van der Waals surface area contributed by atoms with E-state index in [-0.39, 0.29) is 11.7 Å². The molecule has 6 nitrogen and oxygen atoms in total. The number of halogens is 1. The van der Waals surface area contributed by atoms with Crippen molar-refractivity contribution in [2.45, 2.75) is 18.8 Å². The number of rotatable bonds is 2. The van der Waals surface area contributed by atoms with Crippen molar-refractivity contribution in [2.75, 3.05) is 13.1 Å². The van der Waals surface area contributed by atoms with Gasteiger partial charge in [-0.15, -0.1) is 10.2 Å². The monoisotopic (exact) mass is 331 g/mol. The molecule has 8 heteroatoms. The Morgan fingerprint density at radius 2 is 2.13 bits per heavy atom. The lowest BCUT2D eigenvalue weighted by atomic mass is 9.97. The van der Waals surface area contributed by atoms with Crippen molar-refractivity contribution in [1.29, 1.82) is 0 Å². The Labute approximate surface area is 135 Å². The summed E-state index contributed by atoms with van der Waals surface area (Å²) in [6.45, 7) is 1.31. The third-order valence-electron chi connectivity index (χ3n) is 4.11. The molecule has 1 aliphatic heterocycles. The topological polar surface area (TPSA) is 63.4 Å². The summed E-state index contributed by atoms with van der Waals surface area (Å²) in [4.78, 5) is 15.0. The highest BCUT2D eigenvalue weighted by Crippen LogP contribution is 2.31. The summed E-state index contributed by atoms with van der Waals surface area (Å²) in [5.41, 5.74) is 0.405. The molecule has 1 fully saturated rings. The second kappa shape index (κ2) is 5.69. The Morgan fingerprint density at radius 3 is 2.87 bits per heavy atom. The zero-order valence-corrected chi connectivity index (χ0v) is 13.0. The van der Waals surface area contributed by atoms with Crippen molar-refractivity contribution in [3.8, 4) is 0 Å². The quantitative estimate of drug-likeness (QED) is 0.723. The smallest absolute Gasteiger partial charge is 0.253 e. The van der Waals surface area contributed by atoms with E-state index in [9.17, 15) is 9.18 Å². The average Bonchev–Trinajstić information content (AvgIpc) is 3.16. The molecular formula is C15H14FN5OS. The molecule has 1 amide bonds. The van der Waals surface area contributed by atoms with Gasteiger partial charge < -0.3 is 4.90 Å². The lowest BCUT2D eigenvalue weighted by molar-refractivity contribution is 0.0712. The third-order valence-corrected chi connectivity index (χ3v) is 5.18. The largest absolute Gasteiger partial charge is 0.339 e. The van der Waals surface area contributed by atoms with Crippen LogP contribution in [0.25, 0.3) is 4.96 Å². The fourth-order valence-electron chi connectivity index (χ4n) is 2.87. The van der Waals surface area contributed by atoms with E-state index in [2.05, 4.69) is 15.3 Å². The van der Waals surface area contributed by atoms with Crippen molar-refractivity contribution < 1.29 is 9.18 Å². The van der Waals surface area contributed by atoms with Crippen LogP contribution < -0.4 is 0 Å². The minimum absolute atomic E-state index is 0.110. The van der Waals surface area contributed by atoms with Crippen molar-refractivity contribution in [2.24, 2.45) is 0 Å². The molecule has 0 spiro atoms. The molecule has 23 heavy (non-hydrogen) atoms. The Morgan fingerprint density at radius 1 is 1.30 bits per heavy atom. The first-order valence-corrected chi connectivity index (χ1v) is 8.24. The summed E-state index contributed by atoms with van der Waals surface area (Å²) in [5.74, 6) is -0.162. The first-order chi connectivity index (χ1) is 11.2. The number of carbonyl (C=O) groups excluding carboxylic acids is 1. The molecule has 118 valence electrons. The maximum Gasteiger partial charge on any atom is 0.253 e. The fraction of sp³-hybridized carbons (Fsp3) is 0.333. The molecule has 0 radical (unpaired) electrons. The summed E-state index contributed by atoms with van der Waals surface area (Å²) in [7, 11) is 0. The Hall–Kier alpha value is -2.35. The maximum absolute atomic E-state index is 13.3. The fourth-order valence-corrected chi connectivity index (χ4v) is 3.86. The summed E-state index contributed by atoms with van der Waals surface area (Å²) in [6, 6.07) is 5.85. The molecule has 2 aromatic heterocycles. The predicted molar refractivity (Wildman–Crippen MR) is 82.9 cm³/mol. The Balaban J connectivity index is 1.44. The highest BCUT2D eigenvalue weighted by molar-refractivity contribution is 7.16. The van der Waals surface area contributed by atoms with Gasteiger partial charge in [0.2, 0.25) is 4.96 Å². The van der Waals surface area contributed by atoms with Crippen LogP contribution in [0, 0.1) is 5.82 Å². The van der Waals surface area contributed by atoms with Crippen LogP contribution in [0.1, 0.15) is 34.1 Å². The molecule has 0 aliphatic carbocycles. The summed E-state index contributed by atoms with van der Waals surface area (Å²) >= 11 is 1.54. The first-order valence-electron chi connectivity index (χ1n) is 7.42. The number of likely N-dealkylation sites (tertiary alicyclic amines) is 1. The Kier molecular flexibility index (Phi) is 3.53. The van der Waals surface area contributed by atoms with Gasteiger partial charge >= 0.3 is 0 Å². The number of hydrogen-bond acceptors (Lipinski definition) is 5. The molecule has 1 aromatic carbocycles. The van der Waals surface area contributed by atoms with E-state index >= 15 is 0 Å². The van der Waals surface area contributed by atoms with E-state index in [0.717, 1.165) is 22.8 Å². The minimum atomic E-state index is -0.384. The molecule has 3 heterocycles. The number of nitrogens with zero attached hydrogens (tertiary/aromatic N) is 5. The third kappa shape index (κ3) is 2.70. The SMILES string of the molecule is O=C(c1cccc(F)c1)N1CCC(c2nn3cnnc3s2)CC1. The highest BCUT2D eigenvalue weighted by atomic mass is 32.1. The van der Waals surface area contributed by atoms with E-state index in [1.165, 1.54) is 12.1 Å². The lowest BCUT2D eigenvalue weighted by Gasteiger charge is -2.31. The molecule has 1 saturated heterocycles. The van der Waals surface area contributed by atoms with Gasteiger partial charge in [0.15, 0.2) is 0 Å². The molecule has 4 rings (SSSR count). The van der Waals surface area contributed by atoms with E-state index in [4.69, 9.17) is 0 Å². The molecule has 0 atom stereocenters. The zero-order valence-electron chi connectivity index (χ0n) is 12.2. The number of piperidine rings is 1. The van der Waals surface area contributed by atoms with Crippen molar-refractivity contribution in [1.82, 2.24) is 24.7 Å². The molecular weight excluding hydrogens is 317 g/mol. The number of carbonyl (C=O) groups is 1. The number of fused-ring (bicyclic) bond motifs is 1. The molecule has 0 unspecified atom stereocenters. The minimum Gasteiger partial charge on any atom is -0.339 e. The van der Waals surface area contributed by atoms with Crippen LogP contribution >= 0.6 is 11.3 Å². The van der Waals surface area contributed by atoms with E-state index in [1.54, 1.807) is 39.2 Å². The van der Waals surface area contributed by atoms with E-state index in [1.807, 2.05) is 0 Å². The average molecular weight is 331 g/mol. The van der Waals surface area contributed by atoms with Crippen LogP contribution in [-0.2, 0) is 0 Å². The van der Waals surface area contributed by atoms with E-state index in [0.29, 0.717) is 24.6 Å². The van der Waals surface area contributed by atoms with Crippen molar-refractivity contribution in [3.63, 3.8) is 0 Å². The predicted octanol–water partition coefficient (Wildman–Crippen LogP) is 2.34.